The Labute approximate surface area is 104 Å². The Hall–Kier alpha value is 0.650. The van der Waals surface area contributed by atoms with E-state index < -0.39 is 0 Å². The van der Waals surface area contributed by atoms with Crippen LogP contribution in [0.1, 0.15) is 32.6 Å². The minimum atomic E-state index is 0.491. The molecule has 0 spiro atoms. The van der Waals surface area contributed by atoms with Crippen LogP contribution in [0.15, 0.2) is 0 Å². The Morgan fingerprint density at radius 2 is 1.67 bits per heavy atom. The molecule has 0 radical (unpaired) electrons. The summed E-state index contributed by atoms with van der Waals surface area (Å²) in [7, 11) is 0. The molecule has 0 amide bonds. The fourth-order valence-electron chi connectivity index (χ4n) is 2.51. The van der Waals surface area contributed by atoms with Crippen molar-refractivity contribution in [3.05, 3.63) is 0 Å². The SMILES string of the molecule is CCN1CCC([I-]C2CCNCC2)CC1. The summed E-state index contributed by atoms with van der Waals surface area (Å²) in [5.41, 5.74) is 0. The van der Waals surface area contributed by atoms with E-state index in [1.807, 2.05) is 0 Å². The van der Waals surface area contributed by atoms with Crippen LogP contribution in [-0.2, 0) is 0 Å². The summed E-state index contributed by atoms with van der Waals surface area (Å²) in [5, 5.41) is 3.48. The molecule has 0 aromatic carbocycles. The van der Waals surface area contributed by atoms with Gasteiger partial charge in [-0.15, -0.1) is 0 Å². The third kappa shape index (κ3) is 3.86. The number of hydrogen-bond donors (Lipinski definition) is 1. The van der Waals surface area contributed by atoms with Crippen LogP contribution >= 0.6 is 0 Å². The first-order valence-corrected chi connectivity index (χ1v) is 8.92. The topological polar surface area (TPSA) is 15.3 Å². The van der Waals surface area contributed by atoms with Gasteiger partial charge in [0.05, 0.1) is 0 Å². The summed E-state index contributed by atoms with van der Waals surface area (Å²) in [4.78, 5) is 2.61. The molecule has 0 unspecified atom stereocenters. The predicted octanol–water partition coefficient (Wildman–Crippen LogP) is -1.69. The zero-order chi connectivity index (χ0) is 10.5. The fourth-order valence-corrected chi connectivity index (χ4v) is 6.56. The van der Waals surface area contributed by atoms with E-state index in [1.54, 1.807) is 0 Å². The molecule has 2 heterocycles. The summed E-state index contributed by atoms with van der Waals surface area (Å²) < 4.78 is 2.29. The van der Waals surface area contributed by atoms with Crippen molar-refractivity contribution in [2.24, 2.45) is 0 Å². The Morgan fingerprint density at radius 3 is 2.27 bits per heavy atom. The van der Waals surface area contributed by atoms with Crippen molar-refractivity contribution < 1.29 is 21.2 Å². The Kier molecular flexibility index (Phi) is 5.17. The number of rotatable bonds is 3. The molecule has 2 saturated heterocycles. The summed E-state index contributed by atoms with van der Waals surface area (Å²) in [6, 6.07) is 0. The molecule has 0 atom stereocenters. The number of hydrogen-bond acceptors (Lipinski definition) is 2. The quantitative estimate of drug-likeness (QED) is 0.493. The second-order valence-corrected chi connectivity index (χ2v) is 8.90. The normalized spacial score (nSPS) is 27.3. The van der Waals surface area contributed by atoms with Crippen LogP contribution in [0.5, 0.6) is 0 Å². The molecule has 1 N–H and O–H groups in total. The average molecular weight is 323 g/mol. The van der Waals surface area contributed by atoms with Gasteiger partial charge in [0, 0.05) is 0 Å². The van der Waals surface area contributed by atoms with Crippen molar-refractivity contribution in [3.63, 3.8) is 0 Å². The van der Waals surface area contributed by atoms with E-state index in [0.29, 0.717) is 21.2 Å². The molecule has 0 aromatic heterocycles. The molecule has 0 saturated carbocycles. The van der Waals surface area contributed by atoms with E-state index in [0.717, 1.165) is 7.85 Å². The van der Waals surface area contributed by atoms with Gasteiger partial charge < -0.3 is 0 Å². The van der Waals surface area contributed by atoms with Crippen LogP contribution in [-0.4, -0.2) is 45.5 Å². The molecular weight excluding hydrogens is 299 g/mol. The molecule has 90 valence electrons. The maximum atomic E-state index is 3.48. The number of alkyl halides is 2. The van der Waals surface area contributed by atoms with E-state index in [9.17, 15) is 0 Å². The van der Waals surface area contributed by atoms with Gasteiger partial charge in [-0.25, -0.2) is 0 Å². The zero-order valence-corrected chi connectivity index (χ0v) is 12.0. The Balaban J connectivity index is 1.67. The van der Waals surface area contributed by atoms with Gasteiger partial charge in [-0.2, -0.15) is 0 Å². The first-order chi connectivity index (χ1) is 7.38. The monoisotopic (exact) mass is 323 g/mol. The van der Waals surface area contributed by atoms with Gasteiger partial charge in [-0.05, 0) is 0 Å². The minimum absolute atomic E-state index is 0.491. The summed E-state index contributed by atoms with van der Waals surface area (Å²) in [6.07, 6.45) is 5.96. The van der Waals surface area contributed by atoms with Crippen LogP contribution in [0.4, 0.5) is 0 Å². The van der Waals surface area contributed by atoms with Crippen LogP contribution in [0.2, 0.25) is 0 Å². The van der Waals surface area contributed by atoms with Crippen molar-refractivity contribution in [3.8, 4) is 0 Å². The van der Waals surface area contributed by atoms with Crippen molar-refractivity contribution in [1.29, 1.82) is 0 Å². The van der Waals surface area contributed by atoms with Gasteiger partial charge in [-0.3, -0.25) is 0 Å². The molecule has 2 aliphatic heterocycles. The number of likely N-dealkylation sites (tertiary alicyclic amines) is 1. The molecule has 15 heavy (non-hydrogen) atoms. The standard InChI is InChI=1S/C12H24IN2/c1-2-15-9-5-12(6-10-15)13-11-3-7-14-8-4-11/h11-12,14H,2-10H2,1H3/q-1. The van der Waals surface area contributed by atoms with Gasteiger partial charge in [0.25, 0.3) is 0 Å². The molecule has 2 rings (SSSR count). The number of nitrogens with one attached hydrogen (secondary N) is 1. The summed E-state index contributed by atoms with van der Waals surface area (Å²) in [6.45, 7) is 8.90. The van der Waals surface area contributed by atoms with E-state index in [1.165, 1.54) is 58.4 Å². The van der Waals surface area contributed by atoms with Gasteiger partial charge in [0.15, 0.2) is 0 Å². The molecular formula is C12H24IN2-. The second-order valence-electron chi connectivity index (χ2n) is 4.66. The van der Waals surface area contributed by atoms with Crippen molar-refractivity contribution >= 4 is 0 Å². The van der Waals surface area contributed by atoms with Gasteiger partial charge in [0.2, 0.25) is 0 Å². The van der Waals surface area contributed by atoms with E-state index >= 15 is 0 Å². The molecule has 0 aliphatic carbocycles. The summed E-state index contributed by atoms with van der Waals surface area (Å²) >= 11 is 0.491. The summed E-state index contributed by atoms with van der Waals surface area (Å²) in [5.74, 6) is 0. The average Bonchev–Trinajstić information content (AvgIpc) is 2.31. The van der Waals surface area contributed by atoms with Crippen molar-refractivity contribution in [1.82, 2.24) is 10.2 Å². The van der Waals surface area contributed by atoms with E-state index in [2.05, 4.69) is 17.1 Å². The number of halogens is 1. The molecule has 3 heteroatoms. The molecule has 0 aromatic rings. The Morgan fingerprint density at radius 1 is 1.07 bits per heavy atom. The van der Waals surface area contributed by atoms with Crippen LogP contribution in [0.25, 0.3) is 0 Å². The zero-order valence-electron chi connectivity index (χ0n) is 9.84. The molecule has 2 aliphatic rings. The maximum absolute atomic E-state index is 3.48. The van der Waals surface area contributed by atoms with Crippen LogP contribution in [0.3, 0.4) is 0 Å². The van der Waals surface area contributed by atoms with Gasteiger partial charge in [-0.1, -0.05) is 0 Å². The van der Waals surface area contributed by atoms with E-state index in [-0.39, 0.29) is 0 Å². The fraction of sp³-hybridized carbons (Fsp3) is 1.00. The molecule has 0 bridgehead atoms. The van der Waals surface area contributed by atoms with Gasteiger partial charge >= 0.3 is 105 Å². The Bertz CT molecular complexity index is 172. The molecule has 2 nitrogen and oxygen atoms in total. The predicted molar refractivity (Wildman–Crippen MR) is 61.0 cm³/mol. The third-order valence-electron chi connectivity index (χ3n) is 3.59. The van der Waals surface area contributed by atoms with Crippen molar-refractivity contribution in [2.45, 2.75) is 40.5 Å². The third-order valence-corrected chi connectivity index (χ3v) is 8.11. The first-order valence-electron chi connectivity index (χ1n) is 6.43. The second kappa shape index (κ2) is 6.40. The molecule has 2 fully saturated rings. The van der Waals surface area contributed by atoms with Crippen LogP contribution in [0, 0.1) is 0 Å². The van der Waals surface area contributed by atoms with Crippen molar-refractivity contribution in [2.75, 3.05) is 32.7 Å². The van der Waals surface area contributed by atoms with E-state index in [4.69, 9.17) is 0 Å². The number of nitrogens with zero attached hydrogens (tertiary/aromatic N) is 1. The first kappa shape index (κ1) is 12.1. The van der Waals surface area contributed by atoms with Crippen LogP contribution < -0.4 is 26.5 Å². The van der Waals surface area contributed by atoms with Gasteiger partial charge in [0.1, 0.15) is 0 Å². The number of piperidine rings is 2.